The van der Waals surface area contributed by atoms with Crippen LogP contribution in [-0.2, 0) is 0 Å². The Hall–Kier alpha value is -0.570. The molecular weight excluding hydrogens is 204 g/mol. The maximum absolute atomic E-state index is 4.08. The molecule has 3 heteroatoms. The van der Waals surface area contributed by atoms with Crippen LogP contribution in [0.2, 0.25) is 0 Å². The first-order chi connectivity index (χ1) is 5.27. The van der Waals surface area contributed by atoms with Gasteiger partial charge in [0.25, 0.3) is 0 Å². The number of aromatic nitrogens is 2. The van der Waals surface area contributed by atoms with Gasteiger partial charge in [0.15, 0.2) is 0 Å². The average Bonchev–Trinajstić information content (AvgIpc) is 2.50. The van der Waals surface area contributed by atoms with Crippen LogP contribution in [0.15, 0.2) is 19.0 Å². The van der Waals surface area contributed by atoms with E-state index in [1.165, 1.54) is 5.56 Å². The van der Waals surface area contributed by atoms with Crippen molar-refractivity contribution in [1.82, 2.24) is 9.78 Å². The largest absolute Gasteiger partial charge is 0.249 e. The zero-order valence-corrected chi connectivity index (χ0v) is 8.08. The van der Waals surface area contributed by atoms with Gasteiger partial charge in [-0.15, -0.1) is 0 Å². The van der Waals surface area contributed by atoms with E-state index in [9.17, 15) is 0 Å². The van der Waals surface area contributed by atoms with Crippen molar-refractivity contribution in [2.24, 2.45) is 0 Å². The molecule has 0 amide bonds. The Morgan fingerprint density at radius 2 is 2.64 bits per heavy atom. The van der Waals surface area contributed by atoms with Gasteiger partial charge in [0.2, 0.25) is 0 Å². The highest BCUT2D eigenvalue weighted by Crippen LogP contribution is 2.15. The van der Waals surface area contributed by atoms with Crippen LogP contribution >= 0.6 is 15.9 Å². The van der Waals surface area contributed by atoms with E-state index in [-0.39, 0.29) is 0 Å². The predicted molar refractivity (Wildman–Crippen MR) is 50.8 cm³/mol. The summed E-state index contributed by atoms with van der Waals surface area (Å²) in [5, 5.41) is 5.05. The van der Waals surface area contributed by atoms with E-state index < -0.39 is 0 Å². The molecule has 0 aliphatic carbocycles. The molecule has 0 saturated heterocycles. The number of halogens is 1. The third-order valence-corrected chi connectivity index (χ3v) is 2.58. The third kappa shape index (κ3) is 1.93. The molecule has 1 atom stereocenters. The molecule has 1 rings (SSSR count). The fourth-order valence-corrected chi connectivity index (χ4v) is 1.17. The normalized spacial score (nSPS) is 12.9. The molecule has 0 aliphatic heterocycles. The highest BCUT2D eigenvalue weighted by molar-refractivity contribution is 9.09. The number of hydrogen-bond donors (Lipinski definition) is 0. The van der Waals surface area contributed by atoms with Crippen LogP contribution in [0.3, 0.4) is 0 Å². The second kappa shape index (κ2) is 3.72. The molecule has 0 aliphatic rings. The summed E-state index contributed by atoms with van der Waals surface area (Å²) in [5.74, 6) is 0.517. The van der Waals surface area contributed by atoms with Crippen molar-refractivity contribution >= 4 is 22.1 Å². The Balaban J connectivity index is 2.79. The smallest absolute Gasteiger partial charge is 0.0528 e. The summed E-state index contributed by atoms with van der Waals surface area (Å²) < 4.78 is 1.72. The molecule has 0 saturated carbocycles. The van der Waals surface area contributed by atoms with Gasteiger partial charge < -0.3 is 0 Å². The van der Waals surface area contributed by atoms with Crippen LogP contribution in [0.4, 0.5) is 0 Å². The van der Waals surface area contributed by atoms with Gasteiger partial charge in [-0.2, -0.15) is 5.10 Å². The first-order valence-electron chi connectivity index (χ1n) is 3.50. The molecule has 2 nitrogen and oxygen atoms in total. The standard InChI is InChI=1S/C8H11BrN2/c1-3-11-6-8(5-10-11)7(2)4-9/h3,5-7H,1,4H2,2H3. The molecule has 0 bridgehead atoms. The monoisotopic (exact) mass is 214 g/mol. The third-order valence-electron chi connectivity index (χ3n) is 1.61. The number of rotatable bonds is 3. The van der Waals surface area contributed by atoms with Crippen LogP contribution in [0.5, 0.6) is 0 Å². The Morgan fingerprint density at radius 3 is 3.09 bits per heavy atom. The van der Waals surface area contributed by atoms with Gasteiger partial charge in [0.1, 0.15) is 0 Å². The average molecular weight is 215 g/mol. The Kier molecular flexibility index (Phi) is 2.88. The highest BCUT2D eigenvalue weighted by atomic mass is 79.9. The van der Waals surface area contributed by atoms with Gasteiger partial charge in [-0.3, -0.25) is 0 Å². The molecular formula is C8H11BrN2. The Morgan fingerprint density at radius 1 is 1.91 bits per heavy atom. The summed E-state index contributed by atoms with van der Waals surface area (Å²) in [6.07, 6.45) is 5.54. The lowest BCUT2D eigenvalue weighted by Crippen LogP contribution is -1.91. The molecule has 1 aromatic heterocycles. The zero-order valence-electron chi connectivity index (χ0n) is 6.50. The van der Waals surface area contributed by atoms with Crippen molar-refractivity contribution in [3.05, 3.63) is 24.5 Å². The van der Waals surface area contributed by atoms with E-state index >= 15 is 0 Å². The summed E-state index contributed by atoms with van der Waals surface area (Å²) in [4.78, 5) is 0. The fourth-order valence-electron chi connectivity index (χ4n) is 0.796. The van der Waals surface area contributed by atoms with Crippen molar-refractivity contribution in [1.29, 1.82) is 0 Å². The molecule has 0 N–H and O–H groups in total. The van der Waals surface area contributed by atoms with Crippen LogP contribution in [0, 0.1) is 0 Å². The number of nitrogens with zero attached hydrogens (tertiary/aromatic N) is 2. The fraction of sp³-hybridized carbons (Fsp3) is 0.375. The van der Waals surface area contributed by atoms with Gasteiger partial charge in [-0.05, 0) is 11.5 Å². The van der Waals surface area contributed by atoms with Crippen LogP contribution in [0.25, 0.3) is 6.20 Å². The van der Waals surface area contributed by atoms with Gasteiger partial charge in [0.05, 0.1) is 6.20 Å². The predicted octanol–water partition coefficient (Wildman–Crippen LogP) is 2.48. The minimum absolute atomic E-state index is 0.517. The quantitative estimate of drug-likeness (QED) is 0.708. The summed E-state index contributed by atoms with van der Waals surface area (Å²) in [6.45, 7) is 5.77. The summed E-state index contributed by atoms with van der Waals surface area (Å²) >= 11 is 3.42. The SMILES string of the molecule is C=Cn1cc(C(C)CBr)cn1. The summed E-state index contributed by atoms with van der Waals surface area (Å²) in [6, 6.07) is 0. The van der Waals surface area contributed by atoms with Crippen LogP contribution in [-0.4, -0.2) is 15.1 Å². The summed E-state index contributed by atoms with van der Waals surface area (Å²) in [5.41, 5.74) is 1.24. The van der Waals surface area contributed by atoms with E-state index in [2.05, 4.69) is 34.5 Å². The Labute approximate surface area is 75.0 Å². The molecule has 1 unspecified atom stereocenters. The lowest BCUT2D eigenvalue weighted by atomic mass is 10.1. The zero-order chi connectivity index (χ0) is 8.27. The number of alkyl halides is 1. The van der Waals surface area contributed by atoms with Gasteiger partial charge in [-0.1, -0.05) is 29.4 Å². The van der Waals surface area contributed by atoms with Crippen molar-refractivity contribution in [3.8, 4) is 0 Å². The van der Waals surface area contributed by atoms with E-state index in [0.717, 1.165) is 5.33 Å². The maximum atomic E-state index is 4.08. The molecule has 1 heterocycles. The molecule has 11 heavy (non-hydrogen) atoms. The van der Waals surface area contributed by atoms with Crippen molar-refractivity contribution in [2.45, 2.75) is 12.8 Å². The number of hydrogen-bond acceptors (Lipinski definition) is 1. The topological polar surface area (TPSA) is 17.8 Å². The minimum Gasteiger partial charge on any atom is -0.249 e. The van der Waals surface area contributed by atoms with Gasteiger partial charge >= 0.3 is 0 Å². The van der Waals surface area contributed by atoms with E-state index in [4.69, 9.17) is 0 Å². The minimum atomic E-state index is 0.517. The van der Waals surface area contributed by atoms with E-state index in [1.807, 2.05) is 12.4 Å². The van der Waals surface area contributed by atoms with Crippen molar-refractivity contribution in [2.75, 3.05) is 5.33 Å². The van der Waals surface area contributed by atoms with E-state index in [0.29, 0.717) is 5.92 Å². The molecule has 0 aromatic carbocycles. The lowest BCUT2D eigenvalue weighted by Gasteiger charge is -2.00. The van der Waals surface area contributed by atoms with Gasteiger partial charge in [0, 0.05) is 17.7 Å². The maximum Gasteiger partial charge on any atom is 0.0528 e. The van der Waals surface area contributed by atoms with Crippen molar-refractivity contribution in [3.63, 3.8) is 0 Å². The summed E-state index contributed by atoms with van der Waals surface area (Å²) in [7, 11) is 0. The molecule has 0 fully saturated rings. The molecule has 0 radical (unpaired) electrons. The highest BCUT2D eigenvalue weighted by Gasteiger charge is 2.04. The molecule has 60 valence electrons. The van der Waals surface area contributed by atoms with Gasteiger partial charge in [-0.25, -0.2) is 4.68 Å². The first-order valence-corrected chi connectivity index (χ1v) is 4.62. The molecule has 0 spiro atoms. The lowest BCUT2D eigenvalue weighted by molar-refractivity contribution is 0.886. The van der Waals surface area contributed by atoms with Crippen molar-refractivity contribution < 1.29 is 0 Å². The van der Waals surface area contributed by atoms with Crippen LogP contribution in [0.1, 0.15) is 18.4 Å². The van der Waals surface area contributed by atoms with E-state index in [1.54, 1.807) is 10.9 Å². The second-order valence-electron chi connectivity index (χ2n) is 2.49. The first kappa shape index (κ1) is 8.53. The second-order valence-corrected chi connectivity index (χ2v) is 3.14. The Bertz CT molecular complexity index is 242. The molecule has 1 aromatic rings. The van der Waals surface area contributed by atoms with Crippen LogP contribution < -0.4 is 0 Å².